The monoisotopic (exact) mass is 136 g/mol. The summed E-state index contributed by atoms with van der Waals surface area (Å²) in [6.07, 6.45) is 3.65. The maximum Gasteiger partial charge on any atom is 0.0550 e. The molecular formula is C8H12N2. The van der Waals surface area contributed by atoms with Crippen molar-refractivity contribution in [3.63, 3.8) is 0 Å². The van der Waals surface area contributed by atoms with Crippen LogP contribution in [-0.2, 0) is 0 Å². The normalized spacial score (nSPS) is 9.40. The highest BCUT2D eigenvalue weighted by Gasteiger charge is 1.93. The highest BCUT2D eigenvalue weighted by atomic mass is 15.1. The molecule has 1 aromatic rings. The average Bonchev–Trinajstić information content (AvgIpc) is 2.05. The lowest BCUT2D eigenvalue weighted by Crippen LogP contribution is -2.15. The fourth-order valence-electron chi connectivity index (χ4n) is 0.762. The molecule has 0 spiro atoms. The number of rotatable bonds is 2. The van der Waals surface area contributed by atoms with Crippen LogP contribution in [0.2, 0.25) is 0 Å². The van der Waals surface area contributed by atoms with Gasteiger partial charge in [-0.25, -0.2) is 0 Å². The third-order valence-electron chi connectivity index (χ3n) is 1.56. The molecule has 0 aliphatic carbocycles. The molecule has 54 valence electrons. The number of hydrogen-bond donors (Lipinski definition) is 0. The molecule has 0 bridgehead atoms. The van der Waals surface area contributed by atoms with E-state index in [1.54, 1.807) is 6.20 Å². The summed E-state index contributed by atoms with van der Waals surface area (Å²) >= 11 is 0. The number of nitrogens with zero attached hydrogens (tertiary/aromatic N) is 2. The van der Waals surface area contributed by atoms with Crippen LogP contribution < -0.4 is 4.90 Å². The molecule has 0 N–H and O–H groups in total. The Morgan fingerprint density at radius 1 is 1.60 bits per heavy atom. The van der Waals surface area contributed by atoms with Gasteiger partial charge in [-0.15, -0.1) is 0 Å². The first-order chi connectivity index (χ1) is 4.84. The minimum absolute atomic E-state index is 1.02. The van der Waals surface area contributed by atoms with E-state index in [1.807, 2.05) is 12.3 Å². The molecule has 0 aliphatic rings. The summed E-state index contributed by atoms with van der Waals surface area (Å²) in [5.41, 5.74) is 1.17. The lowest BCUT2D eigenvalue weighted by molar-refractivity contribution is 0.961. The Kier molecular flexibility index (Phi) is 2.26. The van der Waals surface area contributed by atoms with Gasteiger partial charge in [-0.3, -0.25) is 4.98 Å². The summed E-state index contributed by atoms with van der Waals surface area (Å²) in [4.78, 5) is 6.16. The summed E-state index contributed by atoms with van der Waals surface area (Å²) in [5, 5.41) is 0. The van der Waals surface area contributed by atoms with Crippen molar-refractivity contribution in [1.29, 1.82) is 0 Å². The molecule has 0 radical (unpaired) electrons. The molecule has 0 unspecified atom stereocenters. The second-order valence-corrected chi connectivity index (χ2v) is 2.23. The first-order valence-electron chi connectivity index (χ1n) is 3.45. The summed E-state index contributed by atoms with van der Waals surface area (Å²) in [6.45, 7) is 3.14. The minimum atomic E-state index is 1.02. The third kappa shape index (κ3) is 1.47. The fourth-order valence-corrected chi connectivity index (χ4v) is 0.762. The van der Waals surface area contributed by atoms with Gasteiger partial charge in [0.25, 0.3) is 0 Å². The van der Waals surface area contributed by atoms with Gasteiger partial charge in [-0.1, -0.05) is 0 Å². The molecule has 1 aromatic heterocycles. The van der Waals surface area contributed by atoms with Crippen molar-refractivity contribution in [3.05, 3.63) is 24.5 Å². The molecule has 0 amide bonds. The molecular weight excluding hydrogens is 124 g/mol. The number of pyridine rings is 1. The Bertz CT molecular complexity index is 184. The van der Waals surface area contributed by atoms with E-state index >= 15 is 0 Å². The van der Waals surface area contributed by atoms with Gasteiger partial charge >= 0.3 is 0 Å². The molecule has 0 aromatic carbocycles. The van der Waals surface area contributed by atoms with E-state index in [9.17, 15) is 0 Å². The van der Waals surface area contributed by atoms with Crippen LogP contribution in [-0.4, -0.2) is 18.6 Å². The van der Waals surface area contributed by atoms with Crippen LogP contribution in [0.3, 0.4) is 0 Å². The summed E-state index contributed by atoms with van der Waals surface area (Å²) in [7, 11) is 2.05. The van der Waals surface area contributed by atoms with Gasteiger partial charge in [0.2, 0.25) is 0 Å². The maximum atomic E-state index is 4.01. The Morgan fingerprint density at radius 2 is 2.40 bits per heavy atom. The summed E-state index contributed by atoms with van der Waals surface area (Å²) < 4.78 is 0. The van der Waals surface area contributed by atoms with Gasteiger partial charge < -0.3 is 4.90 Å². The predicted octanol–water partition coefficient (Wildman–Crippen LogP) is 1.54. The molecule has 1 heterocycles. The van der Waals surface area contributed by atoms with Crippen molar-refractivity contribution >= 4 is 5.69 Å². The molecule has 0 saturated carbocycles. The first-order valence-corrected chi connectivity index (χ1v) is 3.45. The second kappa shape index (κ2) is 3.20. The van der Waals surface area contributed by atoms with Gasteiger partial charge in [0.1, 0.15) is 0 Å². The lowest BCUT2D eigenvalue weighted by atomic mass is 10.4. The van der Waals surface area contributed by atoms with Crippen LogP contribution in [0.1, 0.15) is 6.92 Å². The predicted molar refractivity (Wildman–Crippen MR) is 43.2 cm³/mol. The van der Waals surface area contributed by atoms with Gasteiger partial charge in [0, 0.05) is 19.8 Å². The molecule has 2 heteroatoms. The van der Waals surface area contributed by atoms with Gasteiger partial charge in [-0.2, -0.15) is 0 Å². The molecule has 0 aliphatic heterocycles. The van der Waals surface area contributed by atoms with Gasteiger partial charge in [-0.05, 0) is 19.1 Å². The van der Waals surface area contributed by atoms with Crippen molar-refractivity contribution in [2.75, 3.05) is 18.5 Å². The van der Waals surface area contributed by atoms with Crippen LogP contribution in [0.4, 0.5) is 5.69 Å². The topological polar surface area (TPSA) is 16.1 Å². The van der Waals surface area contributed by atoms with E-state index in [2.05, 4.69) is 29.9 Å². The SMILES string of the molecule is CCN(C)c1cccnc1. The largest absolute Gasteiger partial charge is 0.374 e. The van der Waals surface area contributed by atoms with Crippen molar-refractivity contribution in [1.82, 2.24) is 4.98 Å². The van der Waals surface area contributed by atoms with Crippen molar-refractivity contribution < 1.29 is 0 Å². The Hall–Kier alpha value is -1.05. The van der Waals surface area contributed by atoms with Crippen LogP contribution >= 0.6 is 0 Å². The van der Waals surface area contributed by atoms with Crippen molar-refractivity contribution in [3.8, 4) is 0 Å². The second-order valence-electron chi connectivity index (χ2n) is 2.23. The van der Waals surface area contributed by atoms with E-state index < -0.39 is 0 Å². The fraction of sp³-hybridized carbons (Fsp3) is 0.375. The van der Waals surface area contributed by atoms with E-state index in [-0.39, 0.29) is 0 Å². The number of aromatic nitrogens is 1. The number of anilines is 1. The standard InChI is InChI=1S/C8H12N2/c1-3-10(2)8-5-4-6-9-7-8/h4-7H,3H2,1-2H3. The molecule has 2 nitrogen and oxygen atoms in total. The lowest BCUT2D eigenvalue weighted by Gasteiger charge is -2.14. The van der Waals surface area contributed by atoms with Gasteiger partial charge in [0.05, 0.1) is 11.9 Å². The van der Waals surface area contributed by atoms with Crippen molar-refractivity contribution in [2.45, 2.75) is 6.92 Å². The molecule has 0 atom stereocenters. The molecule has 0 saturated heterocycles. The zero-order valence-corrected chi connectivity index (χ0v) is 6.41. The third-order valence-corrected chi connectivity index (χ3v) is 1.56. The van der Waals surface area contributed by atoms with Crippen LogP contribution in [0.25, 0.3) is 0 Å². The van der Waals surface area contributed by atoms with Crippen LogP contribution in [0.5, 0.6) is 0 Å². The highest BCUT2D eigenvalue weighted by Crippen LogP contribution is 2.07. The van der Waals surface area contributed by atoms with E-state index in [1.165, 1.54) is 5.69 Å². The van der Waals surface area contributed by atoms with E-state index in [4.69, 9.17) is 0 Å². The smallest absolute Gasteiger partial charge is 0.0550 e. The van der Waals surface area contributed by atoms with Crippen LogP contribution in [0.15, 0.2) is 24.5 Å². The van der Waals surface area contributed by atoms with Gasteiger partial charge in [0.15, 0.2) is 0 Å². The Labute approximate surface area is 61.5 Å². The zero-order chi connectivity index (χ0) is 7.40. The highest BCUT2D eigenvalue weighted by molar-refractivity contribution is 5.42. The van der Waals surface area contributed by atoms with Crippen LogP contribution in [0, 0.1) is 0 Å². The first kappa shape index (κ1) is 7.06. The van der Waals surface area contributed by atoms with E-state index in [0.29, 0.717) is 0 Å². The zero-order valence-electron chi connectivity index (χ0n) is 6.41. The Morgan fingerprint density at radius 3 is 2.90 bits per heavy atom. The average molecular weight is 136 g/mol. The quantitative estimate of drug-likeness (QED) is 0.613. The summed E-state index contributed by atoms with van der Waals surface area (Å²) in [5.74, 6) is 0. The maximum absolute atomic E-state index is 4.01. The Balaban J connectivity index is 2.75. The summed E-state index contributed by atoms with van der Waals surface area (Å²) in [6, 6.07) is 4.00. The minimum Gasteiger partial charge on any atom is -0.374 e. The molecule has 1 rings (SSSR count). The molecule has 10 heavy (non-hydrogen) atoms. The molecule has 0 fully saturated rings. The van der Waals surface area contributed by atoms with E-state index in [0.717, 1.165) is 6.54 Å². The van der Waals surface area contributed by atoms with Crippen molar-refractivity contribution in [2.24, 2.45) is 0 Å². The number of hydrogen-bond acceptors (Lipinski definition) is 2.